The summed E-state index contributed by atoms with van der Waals surface area (Å²) in [5.41, 5.74) is 7.12. The Morgan fingerprint density at radius 3 is 2.76 bits per heavy atom. The van der Waals surface area contributed by atoms with Crippen LogP contribution in [0.2, 0.25) is 5.02 Å². The predicted octanol–water partition coefficient (Wildman–Crippen LogP) is 3.26. The molecule has 0 spiro atoms. The van der Waals surface area contributed by atoms with Gasteiger partial charge in [-0.15, -0.1) is 0 Å². The van der Waals surface area contributed by atoms with Gasteiger partial charge >= 0.3 is 5.97 Å². The van der Waals surface area contributed by atoms with Crippen molar-refractivity contribution in [3.63, 3.8) is 0 Å². The quantitative estimate of drug-likeness (QED) is 0.909. The average molecular weight is 309 g/mol. The lowest BCUT2D eigenvalue weighted by molar-refractivity contribution is 0.0697. The Bertz CT molecular complexity index is 676. The lowest BCUT2D eigenvalue weighted by Gasteiger charge is -2.16. The van der Waals surface area contributed by atoms with E-state index in [1.54, 1.807) is 6.92 Å². The summed E-state index contributed by atoms with van der Waals surface area (Å²) in [6, 6.07) is 4.14. The Kier molecular flexibility index (Phi) is 4.55. The molecule has 0 atom stereocenters. The van der Waals surface area contributed by atoms with Crippen molar-refractivity contribution >= 4 is 17.6 Å². The summed E-state index contributed by atoms with van der Waals surface area (Å²) >= 11 is 6.05. The van der Waals surface area contributed by atoms with Crippen molar-refractivity contribution in [2.24, 2.45) is 5.73 Å². The molecule has 0 unspecified atom stereocenters. The van der Waals surface area contributed by atoms with E-state index >= 15 is 0 Å². The van der Waals surface area contributed by atoms with Crippen LogP contribution in [0.25, 0.3) is 11.3 Å². The van der Waals surface area contributed by atoms with Crippen LogP contribution in [0.3, 0.4) is 0 Å². The van der Waals surface area contributed by atoms with Crippen LogP contribution in [0.5, 0.6) is 0 Å². The Labute approximate surface area is 126 Å². The van der Waals surface area contributed by atoms with E-state index in [-0.39, 0.29) is 22.8 Å². The van der Waals surface area contributed by atoms with Gasteiger partial charge in [-0.2, -0.15) is 0 Å². The number of benzene rings is 1. The van der Waals surface area contributed by atoms with Gasteiger partial charge in [-0.3, -0.25) is 4.98 Å². The van der Waals surface area contributed by atoms with Crippen LogP contribution in [0, 0.1) is 5.82 Å². The minimum atomic E-state index is -1.14. The zero-order valence-electron chi connectivity index (χ0n) is 11.4. The van der Waals surface area contributed by atoms with E-state index in [0.717, 1.165) is 0 Å². The SMILES string of the molecule is CCc1c(F)cc(Cl)c(CN)c1-c1ncccc1C(=O)O. The minimum Gasteiger partial charge on any atom is -0.478 e. The maximum atomic E-state index is 14.1. The van der Waals surface area contributed by atoms with Gasteiger partial charge in [-0.1, -0.05) is 18.5 Å². The highest BCUT2D eigenvalue weighted by Crippen LogP contribution is 2.35. The number of nitrogens with two attached hydrogens (primary N) is 1. The van der Waals surface area contributed by atoms with Gasteiger partial charge in [-0.05, 0) is 35.7 Å². The van der Waals surface area contributed by atoms with Crippen LogP contribution < -0.4 is 5.73 Å². The Hall–Kier alpha value is -1.98. The number of carboxylic acid groups (broad SMARTS) is 1. The van der Waals surface area contributed by atoms with Gasteiger partial charge in [0.25, 0.3) is 0 Å². The summed E-state index contributed by atoms with van der Waals surface area (Å²) < 4.78 is 14.1. The van der Waals surface area contributed by atoms with Crippen molar-refractivity contribution in [3.05, 3.63) is 51.9 Å². The lowest BCUT2D eigenvalue weighted by Crippen LogP contribution is -2.09. The first-order valence-electron chi connectivity index (χ1n) is 6.39. The second-order valence-electron chi connectivity index (χ2n) is 4.43. The van der Waals surface area contributed by atoms with E-state index in [9.17, 15) is 14.3 Å². The fraction of sp³-hybridized carbons (Fsp3) is 0.200. The van der Waals surface area contributed by atoms with Crippen LogP contribution >= 0.6 is 11.6 Å². The number of aromatic nitrogens is 1. The second kappa shape index (κ2) is 6.20. The molecule has 0 amide bonds. The van der Waals surface area contributed by atoms with Gasteiger partial charge in [0.15, 0.2) is 0 Å². The van der Waals surface area contributed by atoms with Crippen molar-refractivity contribution < 1.29 is 14.3 Å². The molecular weight excluding hydrogens is 295 g/mol. The molecule has 0 aliphatic heterocycles. The summed E-state index contributed by atoms with van der Waals surface area (Å²) in [5, 5.41) is 9.47. The molecule has 0 aliphatic carbocycles. The molecule has 1 aromatic heterocycles. The molecule has 0 saturated carbocycles. The predicted molar refractivity (Wildman–Crippen MR) is 78.9 cm³/mol. The molecule has 0 saturated heterocycles. The van der Waals surface area contributed by atoms with E-state index < -0.39 is 11.8 Å². The monoisotopic (exact) mass is 308 g/mol. The third-order valence-corrected chi connectivity index (χ3v) is 3.60. The normalized spacial score (nSPS) is 10.7. The maximum Gasteiger partial charge on any atom is 0.337 e. The molecule has 110 valence electrons. The molecule has 21 heavy (non-hydrogen) atoms. The van der Waals surface area contributed by atoms with Crippen molar-refractivity contribution in [1.82, 2.24) is 4.98 Å². The number of hydrogen-bond donors (Lipinski definition) is 2. The van der Waals surface area contributed by atoms with E-state index in [0.29, 0.717) is 23.1 Å². The van der Waals surface area contributed by atoms with Crippen molar-refractivity contribution in [3.8, 4) is 11.3 Å². The van der Waals surface area contributed by atoms with E-state index in [1.807, 2.05) is 0 Å². The van der Waals surface area contributed by atoms with Gasteiger partial charge in [-0.25, -0.2) is 9.18 Å². The smallest absolute Gasteiger partial charge is 0.337 e. The van der Waals surface area contributed by atoms with E-state index in [2.05, 4.69) is 4.98 Å². The van der Waals surface area contributed by atoms with Crippen LogP contribution in [0.1, 0.15) is 28.4 Å². The van der Waals surface area contributed by atoms with Crippen molar-refractivity contribution in [2.75, 3.05) is 0 Å². The Morgan fingerprint density at radius 2 is 2.19 bits per heavy atom. The van der Waals surface area contributed by atoms with Crippen LogP contribution in [-0.2, 0) is 13.0 Å². The molecule has 0 bridgehead atoms. The second-order valence-corrected chi connectivity index (χ2v) is 4.84. The van der Waals surface area contributed by atoms with Crippen molar-refractivity contribution in [1.29, 1.82) is 0 Å². The largest absolute Gasteiger partial charge is 0.478 e. The third kappa shape index (κ3) is 2.75. The number of halogens is 2. The number of aromatic carboxylic acids is 1. The maximum absolute atomic E-state index is 14.1. The molecule has 4 nitrogen and oxygen atoms in total. The molecule has 2 aromatic rings. The van der Waals surface area contributed by atoms with Gasteiger partial charge in [0.1, 0.15) is 5.82 Å². The van der Waals surface area contributed by atoms with Gasteiger partial charge in [0.05, 0.1) is 11.3 Å². The topological polar surface area (TPSA) is 76.2 Å². The highest BCUT2D eigenvalue weighted by Gasteiger charge is 2.22. The Morgan fingerprint density at radius 1 is 1.48 bits per heavy atom. The first kappa shape index (κ1) is 15.4. The number of hydrogen-bond acceptors (Lipinski definition) is 3. The Balaban J connectivity index is 2.88. The molecule has 0 aliphatic rings. The number of rotatable bonds is 4. The molecule has 0 fully saturated rings. The van der Waals surface area contributed by atoms with E-state index in [4.69, 9.17) is 17.3 Å². The molecule has 1 heterocycles. The molecule has 1 aromatic carbocycles. The summed E-state index contributed by atoms with van der Waals surface area (Å²) in [6.45, 7) is 1.84. The summed E-state index contributed by atoms with van der Waals surface area (Å²) in [4.78, 5) is 15.5. The highest BCUT2D eigenvalue weighted by atomic mass is 35.5. The highest BCUT2D eigenvalue weighted by molar-refractivity contribution is 6.31. The van der Waals surface area contributed by atoms with Gasteiger partial charge in [0.2, 0.25) is 0 Å². The molecular formula is C15H14ClFN2O2. The summed E-state index contributed by atoms with van der Waals surface area (Å²) in [7, 11) is 0. The number of pyridine rings is 1. The standard InChI is InChI=1S/C15H14ClFN2O2/c1-2-8-12(17)6-11(16)10(7-18)13(8)14-9(15(20)21)4-3-5-19-14/h3-6H,2,7,18H2,1H3,(H,20,21). The first-order valence-corrected chi connectivity index (χ1v) is 6.77. The van der Waals surface area contributed by atoms with Crippen LogP contribution in [0.15, 0.2) is 24.4 Å². The fourth-order valence-corrected chi connectivity index (χ4v) is 2.58. The lowest BCUT2D eigenvalue weighted by atomic mass is 9.93. The molecule has 6 heteroatoms. The number of nitrogens with zero attached hydrogens (tertiary/aromatic N) is 1. The minimum absolute atomic E-state index is 0.0106. The molecule has 3 N–H and O–H groups in total. The zero-order valence-corrected chi connectivity index (χ0v) is 12.1. The zero-order chi connectivity index (χ0) is 15.6. The van der Waals surface area contributed by atoms with Crippen LogP contribution in [0.4, 0.5) is 4.39 Å². The van der Waals surface area contributed by atoms with Gasteiger partial charge in [0, 0.05) is 23.3 Å². The summed E-state index contributed by atoms with van der Waals surface area (Å²) in [6.07, 6.45) is 1.83. The third-order valence-electron chi connectivity index (χ3n) is 3.27. The van der Waals surface area contributed by atoms with Crippen LogP contribution in [-0.4, -0.2) is 16.1 Å². The summed E-state index contributed by atoms with van der Waals surface area (Å²) in [5.74, 6) is -1.62. The van der Waals surface area contributed by atoms with Gasteiger partial charge < -0.3 is 10.8 Å². The number of carboxylic acids is 1. The van der Waals surface area contributed by atoms with E-state index in [1.165, 1.54) is 24.4 Å². The first-order chi connectivity index (χ1) is 10.0. The number of carbonyl (C=O) groups is 1. The fourth-order valence-electron chi connectivity index (χ4n) is 2.31. The van der Waals surface area contributed by atoms with Crippen molar-refractivity contribution in [2.45, 2.75) is 19.9 Å². The molecule has 0 radical (unpaired) electrons. The average Bonchev–Trinajstić information content (AvgIpc) is 2.46. The molecule has 2 rings (SSSR count).